The zero-order valence-corrected chi connectivity index (χ0v) is 22.0. The van der Waals surface area contributed by atoms with Crippen LogP contribution in [0.2, 0.25) is 0 Å². The molecule has 0 radical (unpaired) electrons. The Morgan fingerprint density at radius 3 is 2.60 bits per heavy atom. The number of fused-ring (bicyclic) bond motifs is 3. The fraction of sp³-hybridized carbons (Fsp3) is 0.367. The van der Waals surface area contributed by atoms with E-state index in [2.05, 4.69) is 27.1 Å². The van der Waals surface area contributed by atoms with Crippen molar-refractivity contribution >= 4 is 11.3 Å². The number of piperidine rings is 1. The molecular weight excluding hydrogens is 504 g/mol. The number of aromatic nitrogens is 4. The van der Waals surface area contributed by atoms with Gasteiger partial charge in [0.05, 0.1) is 42.1 Å². The highest BCUT2D eigenvalue weighted by atomic mass is 16.5. The summed E-state index contributed by atoms with van der Waals surface area (Å²) in [5, 5.41) is 23.5. The molecule has 2 bridgehead atoms. The van der Waals surface area contributed by atoms with Crippen LogP contribution in [0.1, 0.15) is 33.1 Å². The molecule has 4 aliphatic rings. The first kappa shape index (κ1) is 22.2. The molecule has 0 N–H and O–H groups in total. The van der Waals surface area contributed by atoms with Gasteiger partial charge >= 0.3 is 0 Å². The molecule has 1 saturated carbocycles. The average molecular weight is 535 g/mol. The van der Waals surface area contributed by atoms with Gasteiger partial charge in [0.1, 0.15) is 24.2 Å². The van der Waals surface area contributed by atoms with Crippen LogP contribution in [-0.2, 0) is 6.50 Å². The van der Waals surface area contributed by atoms with Crippen LogP contribution in [-0.4, -0.2) is 63.4 Å². The monoisotopic (exact) mass is 534 g/mol. The number of rotatable bonds is 8. The lowest BCUT2D eigenvalue weighted by molar-refractivity contribution is -0.00876. The first-order valence-corrected chi connectivity index (χ1v) is 13.3. The van der Waals surface area contributed by atoms with Crippen molar-refractivity contribution in [3.05, 3.63) is 66.2 Å². The second kappa shape index (κ2) is 9.51. The molecule has 0 spiro atoms. The van der Waals surface area contributed by atoms with Gasteiger partial charge in [0.2, 0.25) is 5.88 Å². The van der Waals surface area contributed by atoms with Crippen molar-refractivity contribution in [1.29, 1.82) is 10.5 Å². The minimum atomic E-state index is -1.63. The molecule has 10 nitrogen and oxygen atoms in total. The van der Waals surface area contributed by atoms with E-state index in [9.17, 15) is 10.5 Å². The van der Waals surface area contributed by atoms with Crippen LogP contribution < -0.4 is 14.4 Å². The zero-order valence-electron chi connectivity index (χ0n) is 24.0. The van der Waals surface area contributed by atoms with Gasteiger partial charge in [-0.2, -0.15) is 15.6 Å². The summed E-state index contributed by atoms with van der Waals surface area (Å²) in [6.07, 6.45) is 9.23. The molecular formula is C30H28N8O2. The normalized spacial score (nSPS) is 21.9. The lowest BCUT2D eigenvalue weighted by atomic mass is 9.87. The number of hydrogen-bond acceptors (Lipinski definition) is 9. The van der Waals surface area contributed by atoms with E-state index in [0.717, 1.165) is 36.2 Å². The van der Waals surface area contributed by atoms with Gasteiger partial charge in [-0.05, 0) is 43.0 Å². The van der Waals surface area contributed by atoms with E-state index in [-0.39, 0.29) is 12.1 Å². The Bertz CT molecular complexity index is 1730. The summed E-state index contributed by atoms with van der Waals surface area (Å²) in [6.45, 7) is 0.0205. The largest absolute Gasteiger partial charge is 0.490 e. The van der Waals surface area contributed by atoms with Crippen molar-refractivity contribution in [1.82, 2.24) is 24.5 Å². The first-order chi connectivity index (χ1) is 20.3. The van der Waals surface area contributed by atoms with Crippen LogP contribution in [0.3, 0.4) is 0 Å². The smallest absolute Gasteiger partial charge is 0.212 e. The summed E-state index contributed by atoms with van der Waals surface area (Å²) in [7, 11) is 1.54. The summed E-state index contributed by atoms with van der Waals surface area (Å²) in [5.41, 5.74) is 2.83. The molecule has 2 unspecified atom stereocenters. The molecule has 7 heterocycles. The van der Waals surface area contributed by atoms with Crippen LogP contribution in [0.4, 0.5) is 5.82 Å². The molecule has 0 amide bonds. The molecule has 3 aliphatic heterocycles. The molecule has 4 aromatic rings. The summed E-state index contributed by atoms with van der Waals surface area (Å²) >= 11 is 0. The lowest BCUT2D eigenvalue weighted by Crippen LogP contribution is -2.68. The number of ether oxygens (including phenoxy) is 2. The molecule has 4 aromatic heterocycles. The van der Waals surface area contributed by atoms with Crippen LogP contribution in [0.25, 0.3) is 16.6 Å². The molecule has 10 heteroatoms. The lowest BCUT2D eigenvalue weighted by Gasteiger charge is -2.56. The van der Waals surface area contributed by atoms with Crippen LogP contribution in [0, 0.1) is 28.1 Å². The summed E-state index contributed by atoms with van der Waals surface area (Å²) in [6, 6.07) is 13.9. The summed E-state index contributed by atoms with van der Waals surface area (Å²) in [4.78, 5) is 13.1. The maximum Gasteiger partial charge on any atom is 0.212 e. The minimum Gasteiger partial charge on any atom is -0.490 e. The standard InChI is InChI=1S/C30H28N8O2/c1-39-28-5-2-20(11-34-28)14-37-23-8-24(37)16-36(15-23)27-4-3-21(12-33-27)26-9-25(40-19-30(18-32)6-7-30)17-38-29(26)22(10-31)13-35-38/h2-5,9,11-13,17,23-24H,6-8,14-16,19H2,1H3/i14D2. The number of nitriles is 2. The maximum atomic E-state index is 9.70. The van der Waals surface area contributed by atoms with E-state index < -0.39 is 11.9 Å². The summed E-state index contributed by atoms with van der Waals surface area (Å²) in [5.74, 6) is 1.86. The van der Waals surface area contributed by atoms with E-state index in [1.165, 1.54) is 6.20 Å². The van der Waals surface area contributed by atoms with E-state index >= 15 is 0 Å². The van der Waals surface area contributed by atoms with E-state index in [4.69, 9.17) is 17.2 Å². The quantitative estimate of drug-likeness (QED) is 0.333. The van der Waals surface area contributed by atoms with Crippen molar-refractivity contribution in [3.63, 3.8) is 0 Å². The second-order valence-electron chi connectivity index (χ2n) is 10.7. The molecule has 200 valence electrons. The Morgan fingerprint density at radius 2 is 1.95 bits per heavy atom. The van der Waals surface area contributed by atoms with E-state index in [1.807, 2.05) is 23.1 Å². The van der Waals surface area contributed by atoms with Gasteiger partial charge in [0.15, 0.2) is 0 Å². The number of hydrogen-bond donors (Lipinski definition) is 0. The number of anilines is 1. The van der Waals surface area contributed by atoms with Crippen LogP contribution in [0.5, 0.6) is 11.6 Å². The van der Waals surface area contributed by atoms with Gasteiger partial charge in [-0.25, -0.2) is 14.5 Å². The fourth-order valence-corrected chi connectivity index (χ4v) is 5.57. The Hall–Kier alpha value is -4.67. The fourth-order valence-electron chi connectivity index (χ4n) is 5.57. The first-order valence-electron chi connectivity index (χ1n) is 14.3. The van der Waals surface area contributed by atoms with Gasteiger partial charge in [0, 0.05) is 64.0 Å². The van der Waals surface area contributed by atoms with Crippen LogP contribution in [0.15, 0.2) is 55.1 Å². The average Bonchev–Trinajstić information content (AvgIpc) is 3.69. The zero-order chi connectivity index (χ0) is 29.1. The van der Waals surface area contributed by atoms with Crippen molar-refractivity contribution in [2.24, 2.45) is 5.41 Å². The van der Waals surface area contributed by atoms with Crippen LogP contribution >= 0.6 is 0 Å². The van der Waals surface area contributed by atoms with Gasteiger partial charge < -0.3 is 14.4 Å². The molecule has 2 atom stereocenters. The maximum absolute atomic E-state index is 9.70. The van der Waals surface area contributed by atoms with Crippen molar-refractivity contribution in [2.45, 2.75) is 37.8 Å². The third-order valence-corrected chi connectivity index (χ3v) is 8.09. The van der Waals surface area contributed by atoms with Gasteiger partial charge in [0.25, 0.3) is 0 Å². The Kier molecular flexibility index (Phi) is 5.27. The van der Waals surface area contributed by atoms with Gasteiger partial charge in [-0.1, -0.05) is 6.07 Å². The highest BCUT2D eigenvalue weighted by Gasteiger charge is 2.45. The predicted molar refractivity (Wildman–Crippen MR) is 147 cm³/mol. The Labute approximate surface area is 234 Å². The molecule has 4 fully saturated rings. The van der Waals surface area contributed by atoms with Gasteiger partial charge in [-0.15, -0.1) is 0 Å². The van der Waals surface area contributed by atoms with E-state index in [0.29, 0.717) is 48.0 Å². The second-order valence-corrected chi connectivity index (χ2v) is 10.7. The van der Waals surface area contributed by atoms with Crippen molar-refractivity contribution in [3.8, 4) is 34.9 Å². The van der Waals surface area contributed by atoms with E-state index in [1.54, 1.807) is 42.3 Å². The minimum absolute atomic E-state index is 0.0592. The van der Waals surface area contributed by atoms with Crippen molar-refractivity contribution < 1.29 is 12.2 Å². The van der Waals surface area contributed by atoms with Gasteiger partial charge in [-0.3, -0.25) is 4.90 Å². The highest BCUT2D eigenvalue weighted by molar-refractivity contribution is 5.85. The predicted octanol–water partition coefficient (Wildman–Crippen LogP) is 3.82. The number of nitrogens with zero attached hydrogens (tertiary/aromatic N) is 8. The molecule has 40 heavy (non-hydrogen) atoms. The highest BCUT2D eigenvalue weighted by Crippen LogP contribution is 2.45. The molecule has 1 aliphatic carbocycles. The Morgan fingerprint density at radius 1 is 1.10 bits per heavy atom. The Balaban J connectivity index is 1.11. The topological polar surface area (TPSA) is 116 Å². The number of methoxy groups -OCH3 is 1. The van der Waals surface area contributed by atoms with Crippen molar-refractivity contribution in [2.75, 3.05) is 31.7 Å². The third kappa shape index (κ3) is 4.27. The SMILES string of the molecule is [2H]C([2H])(c1ccc(OC)nc1)N1C2CC1CN(c1ccc(-c3cc(OCC4(C#N)CC4)cn4ncc(C#N)c34)cn1)C2. The summed E-state index contributed by atoms with van der Waals surface area (Å²) < 4.78 is 30.5. The number of piperazine rings is 1. The molecule has 3 saturated heterocycles. The number of pyridine rings is 3. The molecule has 8 rings (SSSR count). The third-order valence-electron chi connectivity index (χ3n) is 8.09. The molecule has 0 aromatic carbocycles.